The number of hydrogen-bond acceptors (Lipinski definition) is 1. The van der Waals surface area contributed by atoms with Crippen molar-refractivity contribution in [3.63, 3.8) is 0 Å². The summed E-state index contributed by atoms with van der Waals surface area (Å²) in [6, 6.07) is 10.1. The molecule has 0 saturated carbocycles. The molecule has 0 N–H and O–H groups in total. The van der Waals surface area contributed by atoms with E-state index < -0.39 is 0 Å². The fourth-order valence-corrected chi connectivity index (χ4v) is 2.72. The Balaban J connectivity index is 1.99. The molecule has 1 heteroatoms. The number of rotatable bonds is 13. The minimum atomic E-state index is -0.110. The molecule has 1 aromatic rings. The lowest BCUT2D eigenvalue weighted by molar-refractivity contribution is 0.108. The van der Waals surface area contributed by atoms with Gasteiger partial charge in [-0.1, -0.05) is 82.9 Å². The number of para-hydroxylation sites is 1. The van der Waals surface area contributed by atoms with E-state index in [9.17, 15) is 0 Å². The Labute approximate surface area is 138 Å². The Hall–Kier alpha value is -0.980. The largest absolute Gasteiger partial charge is 0.488 e. The third-order valence-corrected chi connectivity index (χ3v) is 4.04. The lowest BCUT2D eigenvalue weighted by Gasteiger charge is -2.26. The molecule has 0 unspecified atom stereocenters. The van der Waals surface area contributed by atoms with E-state index in [2.05, 4.69) is 27.2 Å². The van der Waals surface area contributed by atoms with E-state index in [-0.39, 0.29) is 5.60 Å². The predicted molar refractivity (Wildman–Crippen MR) is 97.3 cm³/mol. The first-order valence-corrected chi connectivity index (χ1v) is 9.20. The SMILES string of the molecule is CCCCCCCCCC[CH]CC(C)(C)Oc1ccccc1. The van der Waals surface area contributed by atoms with E-state index in [1.54, 1.807) is 0 Å². The van der Waals surface area contributed by atoms with Gasteiger partial charge in [-0.3, -0.25) is 0 Å². The monoisotopic (exact) mass is 303 g/mol. The normalized spacial score (nSPS) is 11.6. The zero-order valence-corrected chi connectivity index (χ0v) is 14.9. The minimum Gasteiger partial charge on any atom is -0.488 e. The van der Waals surface area contributed by atoms with Gasteiger partial charge in [-0.15, -0.1) is 0 Å². The lowest BCUT2D eigenvalue weighted by atomic mass is 9.99. The highest BCUT2D eigenvalue weighted by Crippen LogP contribution is 2.22. The number of unbranched alkanes of at least 4 members (excludes halogenated alkanes) is 9. The predicted octanol–water partition coefficient (Wildman–Crippen LogP) is 6.97. The molecular weight excluding hydrogens is 268 g/mol. The second kappa shape index (κ2) is 11.6. The summed E-state index contributed by atoms with van der Waals surface area (Å²) in [7, 11) is 0. The fraction of sp³-hybridized carbons (Fsp3) is 0.667. The van der Waals surface area contributed by atoms with E-state index in [0.717, 1.165) is 12.2 Å². The summed E-state index contributed by atoms with van der Waals surface area (Å²) in [5.41, 5.74) is -0.110. The van der Waals surface area contributed by atoms with Crippen LogP contribution in [0, 0.1) is 6.42 Å². The molecule has 0 saturated heterocycles. The number of hydrogen-bond donors (Lipinski definition) is 0. The average molecular weight is 304 g/mol. The molecule has 1 aromatic carbocycles. The molecule has 0 aliphatic heterocycles. The lowest BCUT2D eigenvalue weighted by Crippen LogP contribution is -2.28. The quantitative estimate of drug-likeness (QED) is 0.357. The van der Waals surface area contributed by atoms with Crippen molar-refractivity contribution in [2.24, 2.45) is 0 Å². The molecule has 22 heavy (non-hydrogen) atoms. The molecule has 0 heterocycles. The third kappa shape index (κ3) is 9.87. The van der Waals surface area contributed by atoms with Gasteiger partial charge in [0.15, 0.2) is 0 Å². The summed E-state index contributed by atoms with van der Waals surface area (Å²) >= 11 is 0. The molecule has 1 nitrogen and oxygen atoms in total. The van der Waals surface area contributed by atoms with Crippen LogP contribution in [-0.2, 0) is 0 Å². The van der Waals surface area contributed by atoms with Crippen LogP contribution in [0.5, 0.6) is 5.75 Å². The highest BCUT2D eigenvalue weighted by Gasteiger charge is 2.19. The van der Waals surface area contributed by atoms with Crippen LogP contribution in [0.4, 0.5) is 0 Å². The van der Waals surface area contributed by atoms with Gasteiger partial charge in [-0.25, -0.2) is 0 Å². The maximum Gasteiger partial charge on any atom is 0.120 e. The topological polar surface area (TPSA) is 9.23 Å². The summed E-state index contributed by atoms with van der Waals surface area (Å²) in [4.78, 5) is 0. The van der Waals surface area contributed by atoms with Crippen molar-refractivity contribution >= 4 is 0 Å². The van der Waals surface area contributed by atoms with Crippen molar-refractivity contribution in [2.45, 2.75) is 90.6 Å². The zero-order valence-electron chi connectivity index (χ0n) is 14.9. The van der Waals surface area contributed by atoms with Crippen molar-refractivity contribution in [1.29, 1.82) is 0 Å². The van der Waals surface area contributed by atoms with Crippen molar-refractivity contribution in [3.05, 3.63) is 36.8 Å². The van der Waals surface area contributed by atoms with Gasteiger partial charge in [-0.05, 0) is 38.8 Å². The van der Waals surface area contributed by atoms with E-state index in [1.807, 2.05) is 30.3 Å². The zero-order chi connectivity index (χ0) is 16.1. The summed E-state index contributed by atoms with van der Waals surface area (Å²) in [6.45, 7) is 6.62. The maximum atomic E-state index is 6.05. The molecule has 0 atom stereocenters. The second-order valence-electron chi connectivity index (χ2n) is 6.93. The summed E-state index contributed by atoms with van der Waals surface area (Å²) in [5.74, 6) is 0.966. The van der Waals surface area contributed by atoms with Gasteiger partial charge in [0.25, 0.3) is 0 Å². The minimum absolute atomic E-state index is 0.110. The molecule has 125 valence electrons. The molecule has 0 bridgehead atoms. The highest BCUT2D eigenvalue weighted by atomic mass is 16.5. The maximum absolute atomic E-state index is 6.05. The first kappa shape index (κ1) is 19.1. The molecule has 0 spiro atoms. The Kier molecular flexibility index (Phi) is 10.0. The van der Waals surface area contributed by atoms with Gasteiger partial charge in [-0.2, -0.15) is 0 Å². The number of benzene rings is 1. The summed E-state index contributed by atoms with van der Waals surface area (Å²) < 4.78 is 6.05. The van der Waals surface area contributed by atoms with E-state index >= 15 is 0 Å². The molecular formula is C21H35O. The molecule has 0 aliphatic rings. The molecule has 0 amide bonds. The Morgan fingerprint density at radius 2 is 1.45 bits per heavy atom. The van der Waals surface area contributed by atoms with Gasteiger partial charge in [0.1, 0.15) is 11.4 Å². The summed E-state index contributed by atoms with van der Waals surface area (Å²) in [6.07, 6.45) is 15.8. The van der Waals surface area contributed by atoms with E-state index in [1.165, 1.54) is 57.8 Å². The van der Waals surface area contributed by atoms with Crippen molar-refractivity contribution in [1.82, 2.24) is 0 Å². The Morgan fingerprint density at radius 3 is 2.09 bits per heavy atom. The first-order valence-electron chi connectivity index (χ1n) is 9.20. The van der Waals surface area contributed by atoms with Gasteiger partial charge in [0, 0.05) is 0 Å². The van der Waals surface area contributed by atoms with Crippen LogP contribution < -0.4 is 4.74 Å². The highest BCUT2D eigenvalue weighted by molar-refractivity contribution is 5.21. The first-order chi connectivity index (χ1) is 10.6. The summed E-state index contributed by atoms with van der Waals surface area (Å²) in [5, 5.41) is 0. The molecule has 0 aliphatic carbocycles. The van der Waals surface area contributed by atoms with Gasteiger partial charge < -0.3 is 4.74 Å². The molecule has 1 radical (unpaired) electrons. The molecule has 0 fully saturated rings. The Bertz CT molecular complexity index is 355. The van der Waals surface area contributed by atoms with Gasteiger partial charge in [0.05, 0.1) is 0 Å². The third-order valence-electron chi connectivity index (χ3n) is 4.04. The van der Waals surface area contributed by atoms with Crippen molar-refractivity contribution in [2.75, 3.05) is 0 Å². The van der Waals surface area contributed by atoms with Crippen molar-refractivity contribution < 1.29 is 4.74 Å². The number of ether oxygens (including phenoxy) is 1. The second-order valence-corrected chi connectivity index (χ2v) is 6.93. The molecule has 1 rings (SSSR count). The van der Waals surface area contributed by atoms with Crippen LogP contribution in [0.25, 0.3) is 0 Å². The van der Waals surface area contributed by atoms with Crippen LogP contribution in [0.1, 0.15) is 85.0 Å². The van der Waals surface area contributed by atoms with Gasteiger partial charge >= 0.3 is 0 Å². The standard InChI is InChI=1S/C21H35O/c1-4-5-6-7-8-9-10-11-12-16-19-21(2,3)22-20-17-14-13-15-18-20/h13-18H,4-12,19H2,1-3H3. The van der Waals surface area contributed by atoms with Gasteiger partial charge in [0.2, 0.25) is 0 Å². The van der Waals surface area contributed by atoms with Crippen LogP contribution >= 0.6 is 0 Å². The van der Waals surface area contributed by atoms with Crippen LogP contribution in [0.2, 0.25) is 0 Å². The fourth-order valence-electron chi connectivity index (χ4n) is 2.72. The smallest absolute Gasteiger partial charge is 0.120 e. The van der Waals surface area contributed by atoms with Crippen molar-refractivity contribution in [3.8, 4) is 5.75 Å². The van der Waals surface area contributed by atoms with Crippen LogP contribution in [0.3, 0.4) is 0 Å². The van der Waals surface area contributed by atoms with E-state index in [4.69, 9.17) is 4.74 Å². The average Bonchev–Trinajstić information content (AvgIpc) is 2.49. The van der Waals surface area contributed by atoms with E-state index in [0.29, 0.717) is 0 Å². The van der Waals surface area contributed by atoms with Crippen LogP contribution in [0.15, 0.2) is 30.3 Å². The molecule has 0 aromatic heterocycles. The Morgan fingerprint density at radius 1 is 0.864 bits per heavy atom. The van der Waals surface area contributed by atoms with Crippen LogP contribution in [-0.4, -0.2) is 5.60 Å².